The summed E-state index contributed by atoms with van der Waals surface area (Å²) in [5.41, 5.74) is 2.06. The number of nitrogens with zero attached hydrogens (tertiary/aromatic N) is 2. The van der Waals surface area contributed by atoms with Gasteiger partial charge in [-0.1, -0.05) is 6.07 Å². The average molecular weight is 205 g/mol. The Morgan fingerprint density at radius 2 is 2.36 bits per heavy atom. The molecule has 0 aromatic carbocycles. The Hall–Kier alpha value is -1.42. The molecule has 0 aliphatic carbocycles. The molecule has 0 amide bonds. The highest BCUT2D eigenvalue weighted by Gasteiger charge is 1.97. The third-order valence-electron chi connectivity index (χ3n) is 2.00. The molecule has 0 saturated carbocycles. The number of nitrogens with one attached hydrogen (secondary N) is 1. The van der Waals surface area contributed by atoms with Crippen molar-refractivity contribution in [1.82, 2.24) is 14.5 Å². The molecule has 0 aliphatic heterocycles. The largest absolute Gasteiger partial charge is 0.337 e. The summed E-state index contributed by atoms with van der Waals surface area (Å²) < 4.78 is 2.69. The smallest absolute Gasteiger partial charge is 0.177 e. The van der Waals surface area contributed by atoms with Gasteiger partial charge in [-0.2, -0.15) is 0 Å². The van der Waals surface area contributed by atoms with Crippen molar-refractivity contribution in [2.24, 2.45) is 0 Å². The average Bonchev–Trinajstić information content (AvgIpc) is 2.52. The van der Waals surface area contributed by atoms with Crippen molar-refractivity contribution in [3.63, 3.8) is 0 Å². The van der Waals surface area contributed by atoms with Gasteiger partial charge in [0.15, 0.2) is 4.77 Å². The molecular weight excluding hydrogens is 194 g/mol. The Morgan fingerprint density at radius 3 is 3.00 bits per heavy atom. The Bertz CT molecular complexity index is 484. The summed E-state index contributed by atoms with van der Waals surface area (Å²) in [7, 11) is 0. The number of imidazole rings is 1. The van der Waals surface area contributed by atoms with Crippen LogP contribution < -0.4 is 0 Å². The summed E-state index contributed by atoms with van der Waals surface area (Å²) >= 11 is 5.10. The molecule has 4 heteroatoms. The molecule has 2 aromatic rings. The van der Waals surface area contributed by atoms with Crippen LogP contribution in [0.25, 0.3) is 0 Å². The maximum absolute atomic E-state index is 5.10. The Balaban J connectivity index is 2.27. The van der Waals surface area contributed by atoms with Crippen molar-refractivity contribution in [2.45, 2.75) is 13.5 Å². The van der Waals surface area contributed by atoms with E-state index in [-0.39, 0.29) is 0 Å². The van der Waals surface area contributed by atoms with E-state index < -0.39 is 0 Å². The molecule has 3 nitrogen and oxygen atoms in total. The number of pyridine rings is 1. The highest BCUT2D eigenvalue weighted by molar-refractivity contribution is 7.71. The molecule has 72 valence electrons. The van der Waals surface area contributed by atoms with Gasteiger partial charge in [0.05, 0.1) is 12.2 Å². The van der Waals surface area contributed by atoms with Crippen molar-refractivity contribution >= 4 is 12.2 Å². The summed E-state index contributed by atoms with van der Waals surface area (Å²) in [4.78, 5) is 7.36. The molecule has 0 fully saturated rings. The first-order chi connectivity index (χ1) is 6.75. The molecule has 2 heterocycles. The lowest BCUT2D eigenvalue weighted by molar-refractivity contribution is 0.758. The minimum absolute atomic E-state index is 0.726. The molecule has 2 aromatic heterocycles. The second kappa shape index (κ2) is 3.75. The van der Waals surface area contributed by atoms with E-state index in [0.29, 0.717) is 0 Å². The molecule has 2 rings (SSSR count). The number of aromatic amines is 1. The van der Waals surface area contributed by atoms with E-state index in [1.165, 1.54) is 0 Å². The Kier molecular flexibility index (Phi) is 2.45. The van der Waals surface area contributed by atoms with Crippen LogP contribution in [0.15, 0.2) is 30.6 Å². The Morgan fingerprint density at radius 1 is 1.50 bits per heavy atom. The quantitative estimate of drug-likeness (QED) is 0.763. The molecular formula is C10H11N3S. The lowest BCUT2D eigenvalue weighted by atomic mass is 10.3. The molecule has 0 saturated heterocycles. The maximum atomic E-state index is 5.10. The standard InChI is InChI=1S/C10H11N3S/c1-8-3-2-4-9(12-8)7-13-6-5-11-10(13)14/h2-6H,7H2,1H3,(H,11,14). The van der Waals surface area contributed by atoms with Gasteiger partial charge in [0.1, 0.15) is 0 Å². The van der Waals surface area contributed by atoms with Crippen LogP contribution in [-0.2, 0) is 6.54 Å². The SMILES string of the molecule is Cc1cccc(Cn2cc[nH]c2=S)n1. The first kappa shape index (κ1) is 9.15. The van der Waals surface area contributed by atoms with Crippen molar-refractivity contribution in [2.75, 3.05) is 0 Å². The third kappa shape index (κ3) is 1.90. The fraction of sp³-hybridized carbons (Fsp3) is 0.200. The summed E-state index contributed by atoms with van der Waals surface area (Å²) in [5.74, 6) is 0. The van der Waals surface area contributed by atoms with Gasteiger partial charge in [-0.15, -0.1) is 0 Å². The molecule has 0 atom stereocenters. The number of hydrogen-bond donors (Lipinski definition) is 1. The third-order valence-corrected chi connectivity index (χ3v) is 2.35. The van der Waals surface area contributed by atoms with Crippen molar-refractivity contribution in [3.8, 4) is 0 Å². The van der Waals surface area contributed by atoms with E-state index in [9.17, 15) is 0 Å². The van der Waals surface area contributed by atoms with E-state index in [4.69, 9.17) is 12.2 Å². The zero-order valence-corrected chi connectivity index (χ0v) is 8.71. The minimum Gasteiger partial charge on any atom is -0.337 e. The van der Waals surface area contributed by atoms with Crippen LogP contribution in [-0.4, -0.2) is 14.5 Å². The second-order valence-corrected chi connectivity index (χ2v) is 3.55. The second-order valence-electron chi connectivity index (χ2n) is 3.16. The first-order valence-corrected chi connectivity index (χ1v) is 4.83. The van der Waals surface area contributed by atoms with Crippen LogP contribution in [0.2, 0.25) is 0 Å². The number of H-pyrrole nitrogens is 1. The Labute approximate surface area is 87.4 Å². The molecule has 0 unspecified atom stereocenters. The van der Waals surface area contributed by atoms with Gasteiger partial charge < -0.3 is 9.55 Å². The number of hydrogen-bond acceptors (Lipinski definition) is 2. The van der Waals surface area contributed by atoms with E-state index in [1.807, 2.05) is 42.1 Å². The summed E-state index contributed by atoms with van der Waals surface area (Å²) in [6.07, 6.45) is 3.75. The van der Waals surface area contributed by atoms with Crippen LogP contribution in [0.1, 0.15) is 11.4 Å². The molecule has 0 spiro atoms. The molecule has 14 heavy (non-hydrogen) atoms. The predicted molar refractivity (Wildman–Crippen MR) is 57.7 cm³/mol. The van der Waals surface area contributed by atoms with Crippen LogP contribution in [0.4, 0.5) is 0 Å². The van der Waals surface area contributed by atoms with Crippen LogP contribution in [0, 0.1) is 11.7 Å². The van der Waals surface area contributed by atoms with Gasteiger partial charge in [-0.3, -0.25) is 4.98 Å². The van der Waals surface area contributed by atoms with Crippen LogP contribution in [0.3, 0.4) is 0 Å². The summed E-state index contributed by atoms with van der Waals surface area (Å²) in [6.45, 7) is 2.71. The topological polar surface area (TPSA) is 33.6 Å². The molecule has 1 N–H and O–H groups in total. The minimum atomic E-state index is 0.726. The molecule has 0 radical (unpaired) electrons. The summed E-state index contributed by atoms with van der Waals surface area (Å²) in [6, 6.07) is 6.00. The fourth-order valence-electron chi connectivity index (χ4n) is 1.34. The first-order valence-electron chi connectivity index (χ1n) is 4.42. The van der Waals surface area contributed by atoms with Gasteiger partial charge in [-0.05, 0) is 31.3 Å². The van der Waals surface area contributed by atoms with Gasteiger partial charge in [0.25, 0.3) is 0 Å². The summed E-state index contributed by atoms with van der Waals surface area (Å²) in [5, 5.41) is 0. The lowest BCUT2D eigenvalue weighted by Gasteiger charge is -2.02. The molecule has 0 aliphatic rings. The highest BCUT2D eigenvalue weighted by atomic mass is 32.1. The number of aromatic nitrogens is 3. The van der Waals surface area contributed by atoms with Crippen molar-refractivity contribution in [3.05, 3.63) is 46.8 Å². The van der Waals surface area contributed by atoms with E-state index in [1.54, 1.807) is 0 Å². The van der Waals surface area contributed by atoms with Gasteiger partial charge in [0.2, 0.25) is 0 Å². The van der Waals surface area contributed by atoms with Gasteiger partial charge in [0, 0.05) is 18.1 Å². The zero-order chi connectivity index (χ0) is 9.97. The van der Waals surface area contributed by atoms with Gasteiger partial charge >= 0.3 is 0 Å². The number of rotatable bonds is 2. The fourth-order valence-corrected chi connectivity index (χ4v) is 1.53. The normalized spacial score (nSPS) is 10.4. The lowest BCUT2D eigenvalue weighted by Crippen LogP contribution is -2.01. The van der Waals surface area contributed by atoms with E-state index >= 15 is 0 Å². The van der Waals surface area contributed by atoms with E-state index in [0.717, 1.165) is 22.7 Å². The van der Waals surface area contributed by atoms with Crippen molar-refractivity contribution in [1.29, 1.82) is 0 Å². The monoisotopic (exact) mass is 205 g/mol. The highest BCUT2D eigenvalue weighted by Crippen LogP contribution is 2.01. The van der Waals surface area contributed by atoms with Crippen LogP contribution >= 0.6 is 12.2 Å². The zero-order valence-electron chi connectivity index (χ0n) is 7.90. The van der Waals surface area contributed by atoms with Gasteiger partial charge in [-0.25, -0.2) is 0 Å². The van der Waals surface area contributed by atoms with Crippen LogP contribution in [0.5, 0.6) is 0 Å². The van der Waals surface area contributed by atoms with E-state index in [2.05, 4.69) is 9.97 Å². The maximum Gasteiger partial charge on any atom is 0.177 e. The predicted octanol–water partition coefficient (Wildman–Crippen LogP) is 2.30. The van der Waals surface area contributed by atoms with Crippen molar-refractivity contribution < 1.29 is 0 Å². The number of aryl methyl sites for hydroxylation is 1. The molecule has 0 bridgehead atoms.